The summed E-state index contributed by atoms with van der Waals surface area (Å²) in [6, 6.07) is 12.0. The third kappa shape index (κ3) is 3.52. The van der Waals surface area contributed by atoms with E-state index in [1.165, 1.54) is 19.2 Å². The zero-order valence-electron chi connectivity index (χ0n) is 14.1. The van der Waals surface area contributed by atoms with Crippen molar-refractivity contribution in [1.29, 1.82) is 0 Å². The lowest BCUT2D eigenvalue weighted by atomic mass is 9.99. The average molecular weight is 360 g/mol. The number of carbonyl (C=O) groups is 1. The highest BCUT2D eigenvalue weighted by Crippen LogP contribution is 2.31. The van der Waals surface area contributed by atoms with Crippen LogP contribution < -0.4 is 14.8 Å². The highest BCUT2D eigenvalue weighted by atomic mass is 32.2. The Labute approximate surface area is 147 Å². The Morgan fingerprint density at radius 2 is 1.96 bits per heavy atom. The standard InChI is InChI=1S/C18H20N2O4S/c1-12-7-8-13(25(22,23)19-2)11-15(12)18(21)20-16-9-10-24-17-6-4-3-5-14(16)17/h3-8,11,16,19H,9-10H2,1-2H3,(H,20,21)/t16-/m1/s1. The predicted molar refractivity (Wildman–Crippen MR) is 94.2 cm³/mol. The molecule has 1 atom stereocenters. The van der Waals surface area contributed by atoms with E-state index in [0.29, 0.717) is 24.2 Å². The smallest absolute Gasteiger partial charge is 0.252 e. The number of benzene rings is 2. The van der Waals surface area contributed by atoms with Crippen molar-refractivity contribution < 1.29 is 17.9 Å². The van der Waals surface area contributed by atoms with Gasteiger partial charge in [-0.05, 0) is 37.7 Å². The zero-order chi connectivity index (χ0) is 18.0. The van der Waals surface area contributed by atoms with Crippen LogP contribution in [0.3, 0.4) is 0 Å². The Hall–Kier alpha value is -2.38. The van der Waals surface area contributed by atoms with Gasteiger partial charge in [0.15, 0.2) is 0 Å². The molecule has 1 aliphatic rings. The number of rotatable bonds is 4. The summed E-state index contributed by atoms with van der Waals surface area (Å²) in [5.41, 5.74) is 1.99. The lowest BCUT2D eigenvalue weighted by molar-refractivity contribution is 0.0924. The van der Waals surface area contributed by atoms with Gasteiger partial charge in [0.2, 0.25) is 10.0 Å². The van der Waals surface area contributed by atoms with Crippen LogP contribution in [0, 0.1) is 6.92 Å². The van der Waals surface area contributed by atoms with E-state index in [-0.39, 0.29) is 16.8 Å². The van der Waals surface area contributed by atoms with Crippen LogP contribution in [0.5, 0.6) is 5.75 Å². The van der Waals surface area contributed by atoms with Gasteiger partial charge in [-0.15, -0.1) is 0 Å². The maximum atomic E-state index is 12.7. The van der Waals surface area contributed by atoms with E-state index >= 15 is 0 Å². The molecule has 0 saturated carbocycles. The first kappa shape index (κ1) is 17.4. The molecule has 1 heterocycles. The molecule has 2 N–H and O–H groups in total. The van der Waals surface area contributed by atoms with Gasteiger partial charge in [-0.3, -0.25) is 4.79 Å². The molecule has 0 fully saturated rings. The van der Waals surface area contributed by atoms with Gasteiger partial charge in [0, 0.05) is 17.5 Å². The van der Waals surface area contributed by atoms with Gasteiger partial charge >= 0.3 is 0 Å². The number of hydrogen-bond donors (Lipinski definition) is 2. The summed E-state index contributed by atoms with van der Waals surface area (Å²) in [7, 11) is -2.26. The zero-order valence-corrected chi connectivity index (χ0v) is 14.9. The normalized spacial score (nSPS) is 16.6. The number of aryl methyl sites for hydroxylation is 1. The fourth-order valence-corrected chi connectivity index (χ4v) is 3.61. The predicted octanol–water partition coefficient (Wildman–Crippen LogP) is 2.16. The molecule has 6 nitrogen and oxygen atoms in total. The molecular formula is C18H20N2O4S. The monoisotopic (exact) mass is 360 g/mol. The van der Waals surface area contributed by atoms with E-state index in [0.717, 1.165) is 11.3 Å². The lowest BCUT2D eigenvalue weighted by Crippen LogP contribution is -2.32. The Morgan fingerprint density at radius 1 is 1.20 bits per heavy atom. The summed E-state index contributed by atoms with van der Waals surface area (Å²) in [4.78, 5) is 12.8. The maximum absolute atomic E-state index is 12.7. The van der Waals surface area contributed by atoms with Crippen molar-refractivity contribution in [3.63, 3.8) is 0 Å². The van der Waals surface area contributed by atoms with Gasteiger partial charge in [0.1, 0.15) is 5.75 Å². The van der Waals surface area contributed by atoms with Crippen LogP contribution >= 0.6 is 0 Å². The molecule has 132 valence electrons. The fraction of sp³-hybridized carbons (Fsp3) is 0.278. The molecule has 0 spiro atoms. The first-order valence-corrected chi connectivity index (χ1v) is 9.47. The van der Waals surface area contributed by atoms with Crippen molar-refractivity contribution in [2.45, 2.75) is 24.3 Å². The second kappa shape index (κ2) is 6.85. The summed E-state index contributed by atoms with van der Waals surface area (Å²) < 4.78 is 31.8. The average Bonchev–Trinajstić information content (AvgIpc) is 2.62. The van der Waals surface area contributed by atoms with Crippen molar-refractivity contribution in [2.24, 2.45) is 0 Å². The van der Waals surface area contributed by atoms with Crippen molar-refractivity contribution in [3.8, 4) is 5.75 Å². The molecule has 0 radical (unpaired) electrons. The highest BCUT2D eigenvalue weighted by Gasteiger charge is 2.24. The van der Waals surface area contributed by atoms with Gasteiger partial charge in [-0.1, -0.05) is 24.3 Å². The quantitative estimate of drug-likeness (QED) is 0.875. The minimum absolute atomic E-state index is 0.0677. The number of carbonyl (C=O) groups excluding carboxylic acids is 1. The SMILES string of the molecule is CNS(=O)(=O)c1ccc(C)c(C(=O)N[C@@H]2CCOc3ccccc32)c1. The molecule has 3 rings (SSSR count). The largest absolute Gasteiger partial charge is 0.493 e. The fourth-order valence-electron chi connectivity index (χ4n) is 2.86. The number of fused-ring (bicyclic) bond motifs is 1. The van der Waals surface area contributed by atoms with Gasteiger partial charge in [-0.25, -0.2) is 13.1 Å². The van der Waals surface area contributed by atoms with Crippen LogP contribution in [0.2, 0.25) is 0 Å². The molecule has 0 aromatic heterocycles. The Morgan fingerprint density at radius 3 is 2.72 bits per heavy atom. The number of nitrogens with one attached hydrogen (secondary N) is 2. The van der Waals surface area contributed by atoms with Gasteiger partial charge in [0.25, 0.3) is 5.91 Å². The first-order valence-electron chi connectivity index (χ1n) is 7.99. The summed E-state index contributed by atoms with van der Waals surface area (Å²) in [5.74, 6) is 0.467. The summed E-state index contributed by atoms with van der Waals surface area (Å²) >= 11 is 0. The van der Waals surface area contributed by atoms with Gasteiger partial charge in [0.05, 0.1) is 17.5 Å². The van der Waals surface area contributed by atoms with Crippen molar-refractivity contribution >= 4 is 15.9 Å². The topological polar surface area (TPSA) is 84.5 Å². The Balaban J connectivity index is 1.89. The van der Waals surface area contributed by atoms with Crippen molar-refractivity contribution in [1.82, 2.24) is 10.0 Å². The highest BCUT2D eigenvalue weighted by molar-refractivity contribution is 7.89. The molecule has 0 bridgehead atoms. The Bertz CT molecular complexity index is 909. The number of para-hydroxylation sites is 1. The van der Waals surface area contributed by atoms with Crippen LogP contribution in [0.15, 0.2) is 47.4 Å². The molecule has 0 aliphatic carbocycles. The number of ether oxygens (including phenoxy) is 1. The second-order valence-corrected chi connectivity index (χ2v) is 7.77. The lowest BCUT2D eigenvalue weighted by Gasteiger charge is -2.27. The van der Waals surface area contributed by atoms with Crippen LogP contribution in [-0.4, -0.2) is 28.0 Å². The molecule has 2 aromatic carbocycles. The molecule has 1 amide bonds. The van der Waals surface area contributed by atoms with E-state index in [4.69, 9.17) is 4.74 Å². The van der Waals surface area contributed by atoms with Gasteiger partial charge in [-0.2, -0.15) is 0 Å². The van der Waals surface area contributed by atoms with E-state index in [1.807, 2.05) is 24.3 Å². The summed E-state index contributed by atoms with van der Waals surface area (Å²) in [6.45, 7) is 2.30. The van der Waals surface area contributed by atoms with Crippen LogP contribution in [-0.2, 0) is 10.0 Å². The van der Waals surface area contributed by atoms with E-state index < -0.39 is 10.0 Å². The van der Waals surface area contributed by atoms with Crippen molar-refractivity contribution in [3.05, 3.63) is 59.2 Å². The third-order valence-corrected chi connectivity index (χ3v) is 5.71. The molecule has 0 saturated heterocycles. The minimum Gasteiger partial charge on any atom is -0.493 e. The molecule has 25 heavy (non-hydrogen) atoms. The van der Waals surface area contributed by atoms with Crippen LogP contribution in [0.1, 0.15) is 33.9 Å². The molecule has 2 aromatic rings. The summed E-state index contributed by atoms with van der Waals surface area (Å²) in [6.07, 6.45) is 0.663. The summed E-state index contributed by atoms with van der Waals surface area (Å²) in [5, 5.41) is 2.99. The second-order valence-electron chi connectivity index (χ2n) is 5.89. The number of sulfonamides is 1. The van der Waals surface area contributed by atoms with E-state index in [9.17, 15) is 13.2 Å². The van der Waals surface area contributed by atoms with Crippen LogP contribution in [0.4, 0.5) is 0 Å². The molecular weight excluding hydrogens is 340 g/mol. The van der Waals surface area contributed by atoms with E-state index in [2.05, 4.69) is 10.0 Å². The maximum Gasteiger partial charge on any atom is 0.252 e. The van der Waals surface area contributed by atoms with Gasteiger partial charge < -0.3 is 10.1 Å². The third-order valence-electron chi connectivity index (χ3n) is 4.30. The molecule has 7 heteroatoms. The van der Waals surface area contributed by atoms with Crippen LogP contribution in [0.25, 0.3) is 0 Å². The number of amides is 1. The number of hydrogen-bond acceptors (Lipinski definition) is 4. The first-order chi connectivity index (χ1) is 11.9. The minimum atomic E-state index is -3.60. The molecule has 1 aliphatic heterocycles. The van der Waals surface area contributed by atoms with Crippen molar-refractivity contribution in [2.75, 3.05) is 13.7 Å². The van der Waals surface area contributed by atoms with E-state index in [1.54, 1.807) is 13.0 Å². The molecule has 0 unspecified atom stereocenters. The Kier molecular flexibility index (Phi) is 4.78.